The number of halogens is 2. The van der Waals surface area contributed by atoms with E-state index in [0.717, 1.165) is 7.14 Å². The average Bonchev–Trinajstić information content (AvgIpc) is 2.55. The van der Waals surface area contributed by atoms with E-state index in [-0.39, 0.29) is 11.6 Å². The predicted molar refractivity (Wildman–Crippen MR) is 106 cm³/mol. The molecule has 5 heteroatoms. The molecule has 0 aliphatic carbocycles. The normalized spacial score (nSPS) is 11.0. The summed E-state index contributed by atoms with van der Waals surface area (Å²) in [6.07, 6.45) is 5.17. The van der Waals surface area contributed by atoms with Gasteiger partial charge in [-0.2, -0.15) is 0 Å². The Morgan fingerprint density at radius 2 is 1.04 bits per heavy atom. The van der Waals surface area contributed by atoms with E-state index >= 15 is 0 Å². The minimum absolute atomic E-state index is 0.154. The van der Waals surface area contributed by atoms with E-state index < -0.39 is 0 Å². The van der Waals surface area contributed by atoms with Gasteiger partial charge in [-0.1, -0.05) is 24.3 Å². The first-order chi connectivity index (χ1) is 11.1. The monoisotopic (exact) mass is 530 g/mol. The fourth-order valence-electron chi connectivity index (χ4n) is 1.67. The SMILES string of the molecule is O=C(/C=C\O/C=C/C(=O)c1ccc(I)cc1)c1ccc(I)cc1. The van der Waals surface area contributed by atoms with E-state index in [1.807, 2.05) is 24.3 Å². The maximum Gasteiger partial charge on any atom is 0.188 e. The van der Waals surface area contributed by atoms with Crippen LogP contribution in [0.1, 0.15) is 20.7 Å². The van der Waals surface area contributed by atoms with Crippen LogP contribution in [-0.4, -0.2) is 11.6 Å². The molecule has 0 unspecified atom stereocenters. The second-order valence-electron chi connectivity index (χ2n) is 4.48. The molecule has 23 heavy (non-hydrogen) atoms. The van der Waals surface area contributed by atoms with Gasteiger partial charge in [-0.25, -0.2) is 0 Å². The molecule has 2 rings (SSSR count). The molecule has 0 atom stereocenters. The van der Waals surface area contributed by atoms with Crippen LogP contribution in [-0.2, 0) is 4.74 Å². The number of carbonyl (C=O) groups is 2. The van der Waals surface area contributed by atoms with Crippen LogP contribution in [0.5, 0.6) is 0 Å². The zero-order valence-electron chi connectivity index (χ0n) is 11.9. The molecule has 116 valence electrons. The Morgan fingerprint density at radius 3 is 1.39 bits per heavy atom. The molecular formula is C18H12I2O3. The van der Waals surface area contributed by atoms with Crippen molar-refractivity contribution in [3.63, 3.8) is 0 Å². The van der Waals surface area contributed by atoms with E-state index in [1.54, 1.807) is 24.3 Å². The van der Waals surface area contributed by atoms with Crippen LogP contribution in [0.4, 0.5) is 0 Å². The Hall–Kier alpha value is -1.48. The van der Waals surface area contributed by atoms with Crippen LogP contribution < -0.4 is 0 Å². The standard InChI is InChI=1S/C18H12I2O3/c19-15-5-1-13(2-6-15)17(21)9-11-23-12-10-18(22)14-3-7-16(20)8-4-14/h1-12H/b11-9-,12-10+. The third kappa shape index (κ3) is 5.91. The quantitative estimate of drug-likeness (QED) is 0.229. The number of benzene rings is 2. The number of allylic oxidation sites excluding steroid dienone is 2. The first-order valence-electron chi connectivity index (χ1n) is 6.64. The zero-order chi connectivity index (χ0) is 16.7. The van der Waals surface area contributed by atoms with Crippen molar-refractivity contribution < 1.29 is 14.3 Å². The highest BCUT2D eigenvalue weighted by Gasteiger charge is 2.01. The Morgan fingerprint density at radius 1 is 0.696 bits per heavy atom. The Bertz CT molecular complexity index is 679. The van der Waals surface area contributed by atoms with Gasteiger partial charge >= 0.3 is 0 Å². The summed E-state index contributed by atoms with van der Waals surface area (Å²) in [5.41, 5.74) is 1.17. The third-order valence-electron chi connectivity index (χ3n) is 2.85. The maximum atomic E-state index is 11.8. The summed E-state index contributed by atoms with van der Waals surface area (Å²) in [4.78, 5) is 23.7. The molecule has 2 aromatic carbocycles. The van der Waals surface area contributed by atoms with Crippen molar-refractivity contribution in [2.45, 2.75) is 0 Å². The molecule has 0 amide bonds. The molecule has 0 aromatic heterocycles. The van der Waals surface area contributed by atoms with Crippen molar-refractivity contribution in [1.29, 1.82) is 0 Å². The lowest BCUT2D eigenvalue weighted by atomic mass is 10.1. The lowest BCUT2D eigenvalue weighted by molar-refractivity contribution is 0.103. The molecule has 0 spiro atoms. The van der Waals surface area contributed by atoms with E-state index in [9.17, 15) is 9.59 Å². The maximum absolute atomic E-state index is 11.8. The molecule has 0 aliphatic heterocycles. The molecule has 0 saturated carbocycles. The first-order valence-corrected chi connectivity index (χ1v) is 8.80. The van der Waals surface area contributed by atoms with Crippen molar-refractivity contribution in [2.75, 3.05) is 0 Å². The fraction of sp³-hybridized carbons (Fsp3) is 0. The lowest BCUT2D eigenvalue weighted by Crippen LogP contribution is -1.95. The number of rotatable bonds is 6. The van der Waals surface area contributed by atoms with Crippen LogP contribution in [0.25, 0.3) is 0 Å². The van der Waals surface area contributed by atoms with Crippen molar-refractivity contribution >= 4 is 56.7 Å². The number of hydrogen-bond donors (Lipinski definition) is 0. The van der Waals surface area contributed by atoms with E-state index in [0.29, 0.717) is 11.1 Å². The largest absolute Gasteiger partial charge is 0.472 e. The summed E-state index contributed by atoms with van der Waals surface area (Å²) in [6.45, 7) is 0. The van der Waals surface area contributed by atoms with E-state index in [2.05, 4.69) is 45.2 Å². The van der Waals surface area contributed by atoms with Gasteiger partial charge in [0.05, 0.1) is 12.5 Å². The molecule has 2 aromatic rings. The Kier molecular flexibility index (Phi) is 6.97. The molecule has 0 bridgehead atoms. The van der Waals surface area contributed by atoms with E-state index in [1.165, 1.54) is 24.7 Å². The molecule has 0 heterocycles. The van der Waals surface area contributed by atoms with Crippen molar-refractivity contribution in [3.05, 3.63) is 91.5 Å². The Balaban J connectivity index is 1.86. The molecule has 0 radical (unpaired) electrons. The van der Waals surface area contributed by atoms with Crippen molar-refractivity contribution in [1.82, 2.24) is 0 Å². The number of hydrogen-bond acceptors (Lipinski definition) is 3. The van der Waals surface area contributed by atoms with Crippen LogP contribution in [0.15, 0.2) is 73.2 Å². The molecule has 0 N–H and O–H groups in total. The van der Waals surface area contributed by atoms with Crippen LogP contribution in [0.2, 0.25) is 0 Å². The van der Waals surface area contributed by atoms with Gasteiger partial charge in [0.15, 0.2) is 11.6 Å². The minimum atomic E-state index is -0.154. The van der Waals surface area contributed by atoms with Gasteiger partial charge in [0, 0.05) is 30.4 Å². The number of ether oxygens (including phenoxy) is 1. The number of ketones is 2. The summed E-state index contributed by atoms with van der Waals surface area (Å²) in [5, 5.41) is 0. The molecule has 0 aliphatic rings. The second kappa shape index (κ2) is 8.97. The Labute approximate surface area is 161 Å². The van der Waals surface area contributed by atoms with Crippen molar-refractivity contribution in [2.24, 2.45) is 0 Å². The van der Waals surface area contributed by atoms with Crippen LogP contribution in [0, 0.1) is 7.14 Å². The van der Waals surface area contributed by atoms with Gasteiger partial charge in [-0.05, 0) is 69.4 Å². The van der Waals surface area contributed by atoms with Crippen LogP contribution in [0.3, 0.4) is 0 Å². The average molecular weight is 530 g/mol. The van der Waals surface area contributed by atoms with Gasteiger partial charge in [0.25, 0.3) is 0 Å². The van der Waals surface area contributed by atoms with Gasteiger partial charge < -0.3 is 4.74 Å². The lowest BCUT2D eigenvalue weighted by Gasteiger charge is -1.96. The van der Waals surface area contributed by atoms with Crippen molar-refractivity contribution in [3.8, 4) is 0 Å². The summed E-state index contributed by atoms with van der Waals surface area (Å²) in [5.74, 6) is -0.308. The zero-order valence-corrected chi connectivity index (χ0v) is 16.2. The van der Waals surface area contributed by atoms with Crippen LogP contribution >= 0.6 is 45.2 Å². The number of carbonyl (C=O) groups excluding carboxylic acids is 2. The topological polar surface area (TPSA) is 43.4 Å². The fourth-order valence-corrected chi connectivity index (χ4v) is 2.39. The predicted octanol–water partition coefficient (Wildman–Crippen LogP) is 5.01. The van der Waals surface area contributed by atoms with Gasteiger partial charge in [0.2, 0.25) is 0 Å². The highest BCUT2D eigenvalue weighted by molar-refractivity contribution is 14.1. The highest BCUT2D eigenvalue weighted by Crippen LogP contribution is 2.09. The third-order valence-corrected chi connectivity index (χ3v) is 4.29. The summed E-state index contributed by atoms with van der Waals surface area (Å²) >= 11 is 4.35. The second-order valence-corrected chi connectivity index (χ2v) is 6.98. The molecule has 3 nitrogen and oxygen atoms in total. The summed E-state index contributed by atoms with van der Waals surface area (Å²) in [6, 6.07) is 14.5. The van der Waals surface area contributed by atoms with Gasteiger partial charge in [0.1, 0.15) is 0 Å². The highest BCUT2D eigenvalue weighted by atomic mass is 127. The summed E-state index contributed by atoms with van der Waals surface area (Å²) in [7, 11) is 0. The minimum Gasteiger partial charge on any atom is -0.472 e. The molecule has 0 saturated heterocycles. The molecular weight excluding hydrogens is 518 g/mol. The smallest absolute Gasteiger partial charge is 0.188 e. The summed E-state index contributed by atoms with van der Waals surface area (Å²) < 4.78 is 7.19. The van der Waals surface area contributed by atoms with Gasteiger partial charge in [-0.15, -0.1) is 0 Å². The first kappa shape index (κ1) is 17.9. The van der Waals surface area contributed by atoms with E-state index in [4.69, 9.17) is 4.74 Å². The van der Waals surface area contributed by atoms with Gasteiger partial charge in [-0.3, -0.25) is 9.59 Å². The molecule has 0 fully saturated rings.